The van der Waals surface area contributed by atoms with Gasteiger partial charge in [0.25, 0.3) is 0 Å². The molecule has 7 heteroatoms. The molecule has 4 nitrogen and oxygen atoms in total. The number of benzene rings is 2. The molecule has 0 unspecified atom stereocenters. The van der Waals surface area contributed by atoms with Crippen molar-refractivity contribution in [2.24, 2.45) is 0 Å². The Bertz CT molecular complexity index is 720. The van der Waals surface area contributed by atoms with Gasteiger partial charge in [-0.3, -0.25) is 4.72 Å². The molecule has 0 aliphatic rings. The van der Waals surface area contributed by atoms with Gasteiger partial charge in [-0.25, -0.2) is 8.42 Å². The molecule has 0 spiro atoms. The monoisotopic (exact) mass is 342 g/mol. The molecule has 0 amide bonds. The van der Waals surface area contributed by atoms with E-state index in [1.807, 2.05) is 18.2 Å². The van der Waals surface area contributed by atoms with E-state index in [1.54, 1.807) is 30.3 Å². The molecule has 3 N–H and O–H groups in total. The first-order valence-electron chi connectivity index (χ1n) is 6.20. The summed E-state index contributed by atoms with van der Waals surface area (Å²) in [7, 11) is -3.42. The summed E-state index contributed by atoms with van der Waals surface area (Å²) in [5.41, 5.74) is 6.74. The van der Waals surface area contributed by atoms with E-state index >= 15 is 0 Å². The van der Waals surface area contributed by atoms with Crippen LogP contribution in [-0.2, 0) is 10.0 Å². The molecule has 0 aliphatic heterocycles. The smallest absolute Gasteiger partial charge is 0.233 e. The zero-order valence-electron chi connectivity index (χ0n) is 11.1. The molecule has 0 saturated heterocycles. The highest BCUT2D eigenvalue weighted by Gasteiger charge is 2.12. The van der Waals surface area contributed by atoms with Crippen molar-refractivity contribution in [2.75, 3.05) is 22.0 Å². The Balaban J connectivity index is 1.91. The van der Waals surface area contributed by atoms with Gasteiger partial charge in [0.1, 0.15) is 0 Å². The number of nitrogens with two attached hydrogens (primary N) is 1. The quantitative estimate of drug-likeness (QED) is 0.623. The number of hydrogen-bond acceptors (Lipinski definition) is 4. The van der Waals surface area contributed by atoms with Crippen LogP contribution in [0.2, 0.25) is 5.02 Å². The van der Waals surface area contributed by atoms with Gasteiger partial charge < -0.3 is 5.73 Å². The third kappa shape index (κ3) is 5.15. The van der Waals surface area contributed by atoms with Crippen molar-refractivity contribution < 1.29 is 8.42 Å². The predicted octanol–water partition coefficient (Wildman–Crippen LogP) is 3.46. The molecule has 2 aromatic carbocycles. The standard InChI is InChI=1S/C14H15ClN2O2S2/c15-13-6-1-2-7-14(13)17-21(18,19)9-8-20-12-5-3-4-11(16)10-12/h1-7,10,17H,8-9,16H2. The second-order valence-electron chi connectivity index (χ2n) is 4.32. The average Bonchev–Trinajstić information content (AvgIpc) is 2.41. The molecular weight excluding hydrogens is 328 g/mol. The Morgan fingerprint density at radius 3 is 2.62 bits per heavy atom. The summed E-state index contributed by atoms with van der Waals surface area (Å²) < 4.78 is 26.5. The normalized spacial score (nSPS) is 11.3. The largest absolute Gasteiger partial charge is 0.399 e. The molecule has 2 aromatic rings. The number of sulfonamides is 1. The van der Waals surface area contributed by atoms with Gasteiger partial charge in [0.2, 0.25) is 10.0 Å². The minimum atomic E-state index is -3.42. The first-order valence-corrected chi connectivity index (χ1v) is 9.21. The molecule has 0 heterocycles. The van der Waals surface area contributed by atoms with Gasteiger partial charge >= 0.3 is 0 Å². The molecule has 21 heavy (non-hydrogen) atoms. The van der Waals surface area contributed by atoms with E-state index < -0.39 is 10.0 Å². The van der Waals surface area contributed by atoms with Gasteiger partial charge in [0.05, 0.1) is 16.5 Å². The number of nitrogen functional groups attached to an aromatic ring is 1. The van der Waals surface area contributed by atoms with Crippen molar-refractivity contribution in [2.45, 2.75) is 4.90 Å². The Morgan fingerprint density at radius 1 is 1.14 bits per heavy atom. The second kappa shape index (κ2) is 7.06. The van der Waals surface area contributed by atoms with E-state index in [0.29, 0.717) is 22.2 Å². The SMILES string of the molecule is Nc1cccc(SCCS(=O)(=O)Nc2ccccc2Cl)c1. The molecule has 0 atom stereocenters. The maximum absolute atomic E-state index is 12.0. The van der Waals surface area contributed by atoms with Crippen LogP contribution in [-0.4, -0.2) is 19.9 Å². The van der Waals surface area contributed by atoms with Crippen LogP contribution in [0.15, 0.2) is 53.4 Å². The van der Waals surface area contributed by atoms with Crippen LogP contribution in [0.4, 0.5) is 11.4 Å². The van der Waals surface area contributed by atoms with Crippen molar-refractivity contribution in [1.29, 1.82) is 0 Å². The minimum absolute atomic E-state index is 0.00229. The number of hydrogen-bond donors (Lipinski definition) is 2. The van der Waals surface area contributed by atoms with Crippen LogP contribution >= 0.6 is 23.4 Å². The van der Waals surface area contributed by atoms with E-state index in [0.717, 1.165) is 4.90 Å². The third-order valence-corrected chi connectivity index (χ3v) is 5.47. The summed E-state index contributed by atoms with van der Waals surface area (Å²) in [4.78, 5) is 0.947. The van der Waals surface area contributed by atoms with Crippen molar-refractivity contribution in [3.63, 3.8) is 0 Å². The number of nitrogens with one attached hydrogen (secondary N) is 1. The average molecular weight is 343 g/mol. The van der Waals surface area contributed by atoms with E-state index in [4.69, 9.17) is 17.3 Å². The molecule has 0 aromatic heterocycles. The Kier molecular flexibility index (Phi) is 5.39. The van der Waals surface area contributed by atoms with Gasteiger partial charge in [-0.1, -0.05) is 29.8 Å². The minimum Gasteiger partial charge on any atom is -0.399 e. The van der Waals surface area contributed by atoms with Crippen LogP contribution in [0.25, 0.3) is 0 Å². The maximum atomic E-state index is 12.0. The topological polar surface area (TPSA) is 72.2 Å². The molecule has 112 valence electrons. The van der Waals surface area contributed by atoms with Crippen LogP contribution in [0.1, 0.15) is 0 Å². The predicted molar refractivity (Wildman–Crippen MR) is 90.4 cm³/mol. The molecule has 0 aliphatic carbocycles. The van der Waals surface area contributed by atoms with Crippen molar-refractivity contribution in [3.8, 4) is 0 Å². The van der Waals surface area contributed by atoms with E-state index in [2.05, 4.69) is 4.72 Å². The maximum Gasteiger partial charge on any atom is 0.233 e. The molecule has 0 fully saturated rings. The Hall–Kier alpha value is -1.37. The van der Waals surface area contributed by atoms with Crippen LogP contribution in [0.5, 0.6) is 0 Å². The van der Waals surface area contributed by atoms with Crippen LogP contribution in [0, 0.1) is 0 Å². The molecule has 0 radical (unpaired) electrons. The summed E-state index contributed by atoms with van der Waals surface area (Å²) in [6, 6.07) is 14.1. The summed E-state index contributed by atoms with van der Waals surface area (Å²) in [5, 5.41) is 0.379. The highest BCUT2D eigenvalue weighted by Crippen LogP contribution is 2.23. The van der Waals surface area contributed by atoms with Crippen molar-refractivity contribution in [3.05, 3.63) is 53.6 Å². The molecule has 2 rings (SSSR count). The number of halogens is 1. The number of thioether (sulfide) groups is 1. The summed E-state index contributed by atoms with van der Waals surface area (Å²) in [5.74, 6) is 0.431. The first kappa shape index (κ1) is 16.0. The van der Waals surface area contributed by atoms with Crippen LogP contribution < -0.4 is 10.5 Å². The fraction of sp³-hybridized carbons (Fsp3) is 0.143. The van der Waals surface area contributed by atoms with Gasteiger partial charge in [-0.2, -0.15) is 0 Å². The Morgan fingerprint density at radius 2 is 1.90 bits per heavy atom. The Labute approximate surface area is 133 Å². The van der Waals surface area contributed by atoms with Gasteiger partial charge in [0.15, 0.2) is 0 Å². The van der Waals surface area contributed by atoms with Gasteiger partial charge in [-0.05, 0) is 30.3 Å². The molecular formula is C14H15ClN2O2S2. The lowest BCUT2D eigenvalue weighted by Crippen LogP contribution is -2.18. The lowest BCUT2D eigenvalue weighted by molar-refractivity contribution is 0.602. The van der Waals surface area contributed by atoms with Crippen LogP contribution in [0.3, 0.4) is 0 Å². The highest BCUT2D eigenvalue weighted by atomic mass is 35.5. The third-order valence-electron chi connectivity index (χ3n) is 2.62. The second-order valence-corrected chi connectivity index (χ2v) is 7.74. The van der Waals surface area contributed by atoms with E-state index in [-0.39, 0.29) is 5.75 Å². The fourth-order valence-electron chi connectivity index (χ4n) is 1.64. The lowest BCUT2D eigenvalue weighted by atomic mass is 10.3. The molecule has 0 saturated carbocycles. The lowest BCUT2D eigenvalue weighted by Gasteiger charge is -2.09. The van der Waals surface area contributed by atoms with E-state index in [9.17, 15) is 8.42 Å². The van der Waals surface area contributed by atoms with Gasteiger partial charge in [0, 0.05) is 16.3 Å². The number of anilines is 2. The summed E-state index contributed by atoms with van der Waals surface area (Å²) in [6.45, 7) is 0. The summed E-state index contributed by atoms with van der Waals surface area (Å²) in [6.07, 6.45) is 0. The zero-order chi connectivity index (χ0) is 15.3. The van der Waals surface area contributed by atoms with Crippen molar-refractivity contribution >= 4 is 44.8 Å². The van der Waals surface area contributed by atoms with E-state index in [1.165, 1.54) is 11.8 Å². The van der Waals surface area contributed by atoms with Gasteiger partial charge in [-0.15, -0.1) is 11.8 Å². The number of rotatable bonds is 6. The van der Waals surface area contributed by atoms with Crippen molar-refractivity contribution in [1.82, 2.24) is 0 Å². The molecule has 0 bridgehead atoms. The first-order chi connectivity index (χ1) is 9.96. The zero-order valence-corrected chi connectivity index (χ0v) is 13.5. The highest BCUT2D eigenvalue weighted by molar-refractivity contribution is 8.01. The summed E-state index contributed by atoms with van der Waals surface area (Å²) >= 11 is 7.38. The number of para-hydroxylation sites is 1. The fourth-order valence-corrected chi connectivity index (χ4v) is 4.33.